The zero-order valence-corrected chi connectivity index (χ0v) is 10.1. The van der Waals surface area contributed by atoms with Crippen LogP contribution in [0.25, 0.3) is 0 Å². The maximum Gasteiger partial charge on any atom is 0.331 e. The summed E-state index contributed by atoms with van der Waals surface area (Å²) in [5, 5.41) is 8.78. The lowest BCUT2D eigenvalue weighted by Crippen LogP contribution is -1.98. The fraction of sp³-hybridized carbons (Fsp3) is 0.769. The van der Waals surface area contributed by atoms with E-state index in [9.17, 15) is 4.79 Å². The summed E-state index contributed by atoms with van der Waals surface area (Å²) >= 11 is 0. The monoisotopic (exact) mass is 212 g/mol. The quantitative estimate of drug-likeness (QED) is 0.460. The van der Waals surface area contributed by atoms with E-state index in [2.05, 4.69) is 6.92 Å². The number of carbonyl (C=O) groups is 1. The number of rotatable bonds is 9. The lowest BCUT2D eigenvalue weighted by molar-refractivity contribution is -0.132. The van der Waals surface area contributed by atoms with Crippen molar-refractivity contribution in [1.29, 1.82) is 0 Å². The summed E-state index contributed by atoms with van der Waals surface area (Å²) in [6.07, 6.45) is 11.0. The lowest BCUT2D eigenvalue weighted by Gasteiger charge is -1.99. The van der Waals surface area contributed by atoms with Crippen LogP contribution in [0.4, 0.5) is 0 Å². The SMILES string of the molecule is CCCCCCCC/C=C(\CC)C(=O)O. The van der Waals surface area contributed by atoms with Gasteiger partial charge in [-0.1, -0.05) is 52.0 Å². The molecule has 0 radical (unpaired) electrons. The molecular weight excluding hydrogens is 188 g/mol. The van der Waals surface area contributed by atoms with E-state index in [4.69, 9.17) is 5.11 Å². The molecule has 88 valence electrons. The smallest absolute Gasteiger partial charge is 0.331 e. The van der Waals surface area contributed by atoms with Crippen LogP contribution in [0.5, 0.6) is 0 Å². The van der Waals surface area contributed by atoms with Gasteiger partial charge in [0.05, 0.1) is 0 Å². The summed E-state index contributed by atoms with van der Waals surface area (Å²) in [6, 6.07) is 0. The molecule has 0 fully saturated rings. The van der Waals surface area contributed by atoms with E-state index < -0.39 is 5.97 Å². The third-order valence-corrected chi connectivity index (χ3v) is 2.60. The summed E-state index contributed by atoms with van der Waals surface area (Å²) in [6.45, 7) is 4.10. The first-order valence-corrected chi connectivity index (χ1v) is 6.14. The molecular formula is C13H24O2. The second-order valence-electron chi connectivity index (χ2n) is 3.94. The summed E-state index contributed by atoms with van der Waals surface area (Å²) in [7, 11) is 0. The van der Waals surface area contributed by atoms with E-state index in [1.165, 1.54) is 32.1 Å². The van der Waals surface area contributed by atoms with Crippen LogP contribution in [0.2, 0.25) is 0 Å². The van der Waals surface area contributed by atoms with Gasteiger partial charge in [-0.15, -0.1) is 0 Å². The Morgan fingerprint density at radius 2 is 1.67 bits per heavy atom. The highest BCUT2D eigenvalue weighted by molar-refractivity contribution is 5.86. The largest absolute Gasteiger partial charge is 0.478 e. The van der Waals surface area contributed by atoms with Crippen molar-refractivity contribution in [3.8, 4) is 0 Å². The van der Waals surface area contributed by atoms with Gasteiger partial charge in [0.1, 0.15) is 0 Å². The van der Waals surface area contributed by atoms with Gasteiger partial charge in [0.25, 0.3) is 0 Å². The van der Waals surface area contributed by atoms with Crippen molar-refractivity contribution < 1.29 is 9.90 Å². The summed E-state index contributed by atoms with van der Waals surface area (Å²) in [5.41, 5.74) is 0.559. The molecule has 0 bridgehead atoms. The molecule has 0 aromatic heterocycles. The summed E-state index contributed by atoms with van der Waals surface area (Å²) < 4.78 is 0. The maximum absolute atomic E-state index is 10.7. The predicted octanol–water partition coefficient (Wildman–Crippen LogP) is 4.16. The first kappa shape index (κ1) is 14.2. The molecule has 0 unspecified atom stereocenters. The van der Waals surface area contributed by atoms with Crippen molar-refractivity contribution in [2.24, 2.45) is 0 Å². The number of hydrogen-bond donors (Lipinski definition) is 1. The molecule has 0 atom stereocenters. The molecule has 15 heavy (non-hydrogen) atoms. The lowest BCUT2D eigenvalue weighted by atomic mass is 10.1. The van der Waals surface area contributed by atoms with Gasteiger partial charge in [0.2, 0.25) is 0 Å². The average Bonchev–Trinajstić information content (AvgIpc) is 2.21. The molecule has 0 aromatic carbocycles. The Morgan fingerprint density at radius 3 is 2.20 bits per heavy atom. The van der Waals surface area contributed by atoms with Crippen molar-refractivity contribution in [2.75, 3.05) is 0 Å². The number of carboxylic acid groups (broad SMARTS) is 1. The highest BCUT2D eigenvalue weighted by Gasteiger charge is 2.02. The van der Waals surface area contributed by atoms with Crippen molar-refractivity contribution in [3.05, 3.63) is 11.6 Å². The van der Waals surface area contributed by atoms with Gasteiger partial charge in [-0.2, -0.15) is 0 Å². The Morgan fingerprint density at radius 1 is 1.07 bits per heavy atom. The minimum absolute atomic E-state index is 0.559. The van der Waals surface area contributed by atoms with E-state index >= 15 is 0 Å². The average molecular weight is 212 g/mol. The number of hydrogen-bond acceptors (Lipinski definition) is 1. The predicted molar refractivity (Wildman–Crippen MR) is 64.0 cm³/mol. The Labute approximate surface area is 93.4 Å². The number of unbranched alkanes of at least 4 members (excludes halogenated alkanes) is 6. The van der Waals surface area contributed by atoms with E-state index in [0.29, 0.717) is 12.0 Å². The molecule has 0 saturated heterocycles. The molecule has 1 N–H and O–H groups in total. The third kappa shape index (κ3) is 8.22. The van der Waals surface area contributed by atoms with Crippen LogP contribution in [-0.2, 0) is 4.79 Å². The second-order valence-corrected chi connectivity index (χ2v) is 3.94. The molecule has 0 saturated carbocycles. The van der Waals surface area contributed by atoms with Crippen molar-refractivity contribution in [2.45, 2.75) is 65.2 Å². The summed E-state index contributed by atoms with van der Waals surface area (Å²) in [5.74, 6) is -0.761. The zero-order valence-electron chi connectivity index (χ0n) is 10.1. The number of aliphatic carboxylic acids is 1. The summed E-state index contributed by atoms with van der Waals surface area (Å²) in [4.78, 5) is 10.7. The first-order valence-electron chi connectivity index (χ1n) is 6.14. The van der Waals surface area contributed by atoms with Crippen LogP contribution in [0, 0.1) is 0 Å². The van der Waals surface area contributed by atoms with E-state index in [1.54, 1.807) is 0 Å². The Kier molecular flexibility index (Phi) is 9.24. The van der Waals surface area contributed by atoms with Crippen LogP contribution in [0.3, 0.4) is 0 Å². The first-order chi connectivity index (χ1) is 7.22. The van der Waals surface area contributed by atoms with E-state index in [1.807, 2.05) is 13.0 Å². The van der Waals surface area contributed by atoms with Crippen molar-refractivity contribution in [3.63, 3.8) is 0 Å². The molecule has 0 heterocycles. The maximum atomic E-state index is 10.7. The van der Waals surface area contributed by atoms with Crippen LogP contribution < -0.4 is 0 Å². The normalized spacial score (nSPS) is 11.7. The molecule has 2 nitrogen and oxygen atoms in total. The molecule has 0 aromatic rings. The van der Waals surface area contributed by atoms with E-state index in [0.717, 1.165) is 12.8 Å². The number of allylic oxidation sites excluding steroid dienone is 1. The molecule has 2 heteroatoms. The Balaban J connectivity index is 3.46. The van der Waals surface area contributed by atoms with E-state index in [-0.39, 0.29) is 0 Å². The minimum Gasteiger partial charge on any atom is -0.478 e. The van der Waals surface area contributed by atoms with Gasteiger partial charge >= 0.3 is 5.97 Å². The van der Waals surface area contributed by atoms with Gasteiger partial charge in [0.15, 0.2) is 0 Å². The van der Waals surface area contributed by atoms with Crippen molar-refractivity contribution >= 4 is 5.97 Å². The fourth-order valence-electron chi connectivity index (χ4n) is 1.58. The standard InChI is InChI=1S/C13H24O2/c1-3-5-6-7-8-9-10-11-12(4-2)13(14)15/h11H,3-10H2,1-2H3,(H,14,15)/b12-11+. The second kappa shape index (κ2) is 9.75. The van der Waals surface area contributed by atoms with Gasteiger partial charge in [0, 0.05) is 5.57 Å². The Hall–Kier alpha value is -0.790. The molecule has 0 aliphatic carbocycles. The van der Waals surface area contributed by atoms with Crippen LogP contribution in [0.15, 0.2) is 11.6 Å². The van der Waals surface area contributed by atoms with Crippen LogP contribution >= 0.6 is 0 Å². The highest BCUT2D eigenvalue weighted by Crippen LogP contribution is 2.09. The van der Waals surface area contributed by atoms with Crippen molar-refractivity contribution in [1.82, 2.24) is 0 Å². The minimum atomic E-state index is -0.761. The van der Waals surface area contributed by atoms with Crippen LogP contribution in [-0.4, -0.2) is 11.1 Å². The molecule has 0 amide bonds. The van der Waals surface area contributed by atoms with Gasteiger partial charge in [-0.05, 0) is 19.3 Å². The molecule has 0 rings (SSSR count). The molecule has 0 aliphatic heterocycles. The zero-order chi connectivity index (χ0) is 11.5. The topological polar surface area (TPSA) is 37.3 Å². The van der Waals surface area contributed by atoms with Gasteiger partial charge in [-0.3, -0.25) is 0 Å². The van der Waals surface area contributed by atoms with Crippen LogP contribution in [0.1, 0.15) is 65.2 Å². The van der Waals surface area contributed by atoms with Gasteiger partial charge in [-0.25, -0.2) is 4.79 Å². The third-order valence-electron chi connectivity index (χ3n) is 2.60. The Bertz CT molecular complexity index is 195. The van der Waals surface area contributed by atoms with Gasteiger partial charge < -0.3 is 5.11 Å². The fourth-order valence-corrected chi connectivity index (χ4v) is 1.58. The number of carboxylic acids is 1. The molecule has 0 spiro atoms. The highest BCUT2D eigenvalue weighted by atomic mass is 16.4. The molecule has 0 aliphatic rings.